The molecule has 5 rings (SSSR count). The molecule has 5 heterocycles. The second kappa shape index (κ2) is 0.853. The van der Waals surface area contributed by atoms with Crippen LogP contribution in [0.5, 0.6) is 0 Å². The molecule has 0 aliphatic carbocycles. The zero-order valence-corrected chi connectivity index (χ0v) is 7.65. The zero-order chi connectivity index (χ0) is 4.17. The Balaban J connectivity index is 2.20. The van der Waals surface area contributed by atoms with E-state index in [1.165, 1.54) is 27.8 Å². The second-order valence-electron chi connectivity index (χ2n) is 3.87. The van der Waals surface area contributed by atoms with Crippen molar-refractivity contribution in [2.75, 3.05) is 0 Å². The summed E-state index contributed by atoms with van der Waals surface area (Å²) in [5.41, 5.74) is 0. The van der Waals surface area contributed by atoms with Crippen molar-refractivity contribution in [2.45, 2.75) is 0 Å². The third-order valence-electron chi connectivity index (χ3n) is 4.02. The van der Waals surface area contributed by atoms with E-state index < -0.39 is 0 Å². The van der Waals surface area contributed by atoms with Crippen molar-refractivity contribution in [3.63, 3.8) is 0 Å². The monoisotopic (exact) mass is 154 g/mol. The van der Waals surface area contributed by atoms with E-state index in [-0.39, 0.29) is 40.4 Å². The number of hydrogen-bond acceptors (Lipinski definition) is 0. The van der Waals surface area contributed by atoms with Crippen LogP contribution in [0.25, 0.3) is 0 Å². The Hall–Kier alpha value is 1.87. The zero-order valence-electron chi connectivity index (χ0n) is 4.17. The van der Waals surface area contributed by atoms with Crippen molar-refractivity contribution in [2.24, 2.45) is 0 Å². The second-order valence-corrected chi connectivity index (χ2v) is 9.67. The van der Waals surface area contributed by atoms with E-state index in [1.54, 1.807) is 0 Å². The fourth-order valence-corrected chi connectivity index (χ4v) is 13.9. The Morgan fingerprint density at radius 3 is 1.29 bits per heavy atom. The molecule has 0 nitrogen and oxygen atoms in total. The fraction of sp³-hybridized carbons (Fsp3) is 0. The Bertz CT molecular complexity index is 104. The number of hydrogen-bond donors (Lipinski definition) is 0. The van der Waals surface area contributed by atoms with Crippen LogP contribution < -0.4 is 0 Å². The molecule has 0 aromatic rings. The van der Waals surface area contributed by atoms with Gasteiger partial charge in [0.1, 0.15) is 0 Å². The van der Waals surface area contributed by atoms with E-state index >= 15 is 0 Å². The van der Waals surface area contributed by atoms with E-state index in [4.69, 9.17) is 0 Å². The van der Waals surface area contributed by atoms with E-state index in [0.717, 1.165) is 0 Å². The molecule has 0 aromatic heterocycles. The van der Waals surface area contributed by atoms with E-state index in [9.17, 15) is 0 Å². The maximum atomic E-state index is 1.50. The summed E-state index contributed by atoms with van der Waals surface area (Å²) in [5.74, 6) is 0. The first-order valence-electron chi connectivity index (χ1n) is 3.48. The Labute approximate surface area is 66.8 Å². The molecule has 0 radical (unpaired) electrons. The Morgan fingerprint density at radius 2 is 1.14 bits per heavy atom. The summed E-state index contributed by atoms with van der Waals surface area (Å²) in [7, 11) is 0. The SMILES string of the molecule is [Sr]1[B]2B3B2B2[B]1B32. The van der Waals surface area contributed by atoms with Crippen LogP contribution in [0.1, 0.15) is 0 Å². The van der Waals surface area contributed by atoms with Gasteiger partial charge in [-0.15, -0.1) is 0 Å². The van der Waals surface area contributed by atoms with Crippen molar-refractivity contribution in [3.8, 4) is 0 Å². The standard InChI is InChI=1S/B6.Sr/c1-3-4(1)6-2-5(3)6;/q+2;-2. The fourth-order valence-electron chi connectivity index (χ4n) is 3.82. The molecule has 0 aromatic carbocycles. The molecule has 5 aliphatic rings. The predicted molar refractivity (Wildman–Crippen MR) is 40.3 cm³/mol. The van der Waals surface area contributed by atoms with Crippen LogP contribution in [-0.2, 0) is 0 Å². The van der Waals surface area contributed by atoms with Gasteiger partial charge in [0.2, 0.25) is 0 Å². The van der Waals surface area contributed by atoms with Crippen LogP contribution in [0.3, 0.4) is 0 Å². The molecule has 0 spiro atoms. The maximum absolute atomic E-state index is 1.50. The molecule has 2 bridgehead atoms. The van der Waals surface area contributed by atoms with Crippen LogP contribution >= 0.6 is 0 Å². The van der Waals surface area contributed by atoms with Gasteiger partial charge in [-0.2, -0.15) is 0 Å². The van der Waals surface area contributed by atoms with Gasteiger partial charge in [0.05, 0.1) is 0 Å². The quantitative estimate of drug-likeness (QED) is 0.332. The van der Waals surface area contributed by atoms with Gasteiger partial charge >= 0.3 is 68.1 Å². The molecule has 7 heteroatoms. The van der Waals surface area contributed by atoms with Crippen LogP contribution in [0, 0.1) is 0 Å². The first-order chi connectivity index (χ1) is 3.48. The molecular weight excluding hydrogens is 152 g/mol. The van der Waals surface area contributed by atoms with Crippen LogP contribution in [0.2, 0.25) is 0 Å². The minimum atomic E-state index is 0.0241. The van der Waals surface area contributed by atoms with E-state index in [0.29, 0.717) is 0 Å². The van der Waals surface area contributed by atoms with Gasteiger partial charge in [0.25, 0.3) is 0 Å². The average Bonchev–Trinajstić information content (AvgIpc) is 2.18. The van der Waals surface area contributed by atoms with Crippen molar-refractivity contribution < 1.29 is 0 Å². The van der Waals surface area contributed by atoms with E-state index in [2.05, 4.69) is 0 Å². The van der Waals surface area contributed by atoms with Gasteiger partial charge in [-0.05, 0) is 0 Å². The predicted octanol–water partition coefficient (Wildman–Crippen LogP) is -2.67. The number of rotatable bonds is 0. The summed E-state index contributed by atoms with van der Waals surface area (Å²) < 4.78 is 3.00. The minimum absolute atomic E-state index is 0.0241. The molecule has 5 aliphatic heterocycles. The van der Waals surface area contributed by atoms with Crippen molar-refractivity contribution >= 4 is 68.1 Å². The summed E-state index contributed by atoms with van der Waals surface area (Å²) in [5, 5.41) is 0. The van der Waals surface area contributed by atoms with Gasteiger partial charge in [-0.1, -0.05) is 0 Å². The van der Waals surface area contributed by atoms with Gasteiger partial charge in [-0.25, -0.2) is 0 Å². The molecule has 0 saturated carbocycles. The van der Waals surface area contributed by atoms with Gasteiger partial charge < -0.3 is 0 Å². The van der Waals surface area contributed by atoms with Crippen LogP contribution in [-0.4, -0.2) is 68.1 Å². The Morgan fingerprint density at radius 1 is 0.714 bits per heavy atom. The van der Waals surface area contributed by atoms with Crippen molar-refractivity contribution in [1.82, 2.24) is 0 Å². The third kappa shape index (κ3) is 0.236. The molecule has 0 N–H and O–H groups in total. The summed E-state index contributed by atoms with van der Waals surface area (Å²) in [6.45, 7) is 0. The third-order valence-corrected chi connectivity index (χ3v) is 12.0. The van der Waals surface area contributed by atoms with Gasteiger partial charge in [0, 0.05) is 0 Å². The molecule has 0 atom stereocenters. The van der Waals surface area contributed by atoms with Crippen molar-refractivity contribution in [1.29, 1.82) is 0 Å². The summed E-state index contributed by atoms with van der Waals surface area (Å²) in [4.78, 5) is 0. The summed E-state index contributed by atoms with van der Waals surface area (Å²) in [6.07, 6.45) is 5.63. The first-order valence-corrected chi connectivity index (χ1v) is 7.50. The molecule has 7 heavy (non-hydrogen) atoms. The average molecular weight is 152 g/mol. The molecule has 5 saturated heterocycles. The summed E-state index contributed by atoms with van der Waals surface area (Å²) in [6, 6.07) is 0. The van der Waals surface area contributed by atoms with Crippen molar-refractivity contribution in [3.05, 3.63) is 0 Å². The topological polar surface area (TPSA) is 0 Å². The first kappa shape index (κ1) is 3.90. The molecule has 5 fully saturated rings. The molecule has 20 valence electrons. The van der Waals surface area contributed by atoms with Crippen LogP contribution in [0.15, 0.2) is 0 Å². The van der Waals surface area contributed by atoms with Crippen LogP contribution in [0.4, 0.5) is 0 Å². The summed E-state index contributed by atoms with van der Waals surface area (Å²) >= 11 is 0.0241. The molecular formula is B6Sr. The Kier molecular flexibility index (Phi) is 0.475. The van der Waals surface area contributed by atoms with Gasteiger partial charge in [-0.3, -0.25) is 0 Å². The molecule has 0 unspecified atom stereocenters. The van der Waals surface area contributed by atoms with Gasteiger partial charge in [0.15, 0.2) is 0 Å². The molecule has 0 amide bonds. The normalized spacial score (nSPS) is 32.0. The van der Waals surface area contributed by atoms with E-state index in [1.807, 2.05) is 0 Å².